The lowest BCUT2D eigenvalue weighted by atomic mass is 10.2. The van der Waals surface area contributed by atoms with Gasteiger partial charge in [0.2, 0.25) is 5.78 Å². The van der Waals surface area contributed by atoms with Crippen molar-refractivity contribution in [3.8, 4) is 0 Å². The highest BCUT2D eigenvalue weighted by Crippen LogP contribution is 2.25. The molecular weight excluding hydrogens is 373 g/mol. The summed E-state index contributed by atoms with van der Waals surface area (Å²) in [6, 6.07) is 6.00. The third-order valence-electron chi connectivity index (χ3n) is 5.85. The lowest BCUT2D eigenvalue weighted by Gasteiger charge is -2.13. The third-order valence-corrected chi connectivity index (χ3v) is 5.85. The number of halogens is 1. The Morgan fingerprint density at radius 2 is 1.76 bits per heavy atom. The first-order chi connectivity index (χ1) is 13.8. The molecule has 8 heteroatoms. The van der Waals surface area contributed by atoms with Crippen LogP contribution in [0.2, 0.25) is 0 Å². The van der Waals surface area contributed by atoms with Crippen LogP contribution in [0.3, 0.4) is 0 Å². The molecule has 4 rings (SSSR count). The Bertz CT molecular complexity index is 1350. The lowest BCUT2D eigenvalue weighted by Crippen LogP contribution is -2.39. The number of hydrogen-bond acceptors (Lipinski definition) is 3. The van der Waals surface area contributed by atoms with E-state index < -0.39 is 11.2 Å². The SMILES string of the molecule is CC[C@H](C)n1c(C)c(C)n2c3c(=O)n(Cc4ccc(F)cc4)c(=O)n(C)c3nc12. The van der Waals surface area contributed by atoms with Crippen molar-refractivity contribution in [3.05, 3.63) is 67.9 Å². The van der Waals surface area contributed by atoms with Crippen LogP contribution >= 0.6 is 0 Å². The molecule has 0 N–H and O–H groups in total. The van der Waals surface area contributed by atoms with E-state index >= 15 is 0 Å². The Labute approximate surface area is 166 Å². The van der Waals surface area contributed by atoms with Crippen molar-refractivity contribution >= 4 is 16.9 Å². The molecule has 29 heavy (non-hydrogen) atoms. The van der Waals surface area contributed by atoms with Crippen LogP contribution in [0.1, 0.15) is 43.3 Å². The van der Waals surface area contributed by atoms with Crippen molar-refractivity contribution in [2.75, 3.05) is 0 Å². The van der Waals surface area contributed by atoms with E-state index in [1.807, 2.05) is 18.2 Å². The molecule has 0 amide bonds. The molecule has 152 valence electrons. The highest BCUT2D eigenvalue weighted by Gasteiger charge is 2.24. The maximum Gasteiger partial charge on any atom is 0.332 e. The molecule has 1 aromatic carbocycles. The van der Waals surface area contributed by atoms with Gasteiger partial charge in [-0.05, 0) is 44.9 Å². The van der Waals surface area contributed by atoms with Gasteiger partial charge in [-0.25, -0.2) is 9.18 Å². The minimum absolute atomic E-state index is 0.0685. The van der Waals surface area contributed by atoms with Gasteiger partial charge in [0.15, 0.2) is 11.2 Å². The first-order valence-electron chi connectivity index (χ1n) is 9.70. The summed E-state index contributed by atoms with van der Waals surface area (Å²) in [5.74, 6) is 0.301. The molecule has 3 heterocycles. The quantitative estimate of drug-likeness (QED) is 0.532. The van der Waals surface area contributed by atoms with Gasteiger partial charge in [-0.1, -0.05) is 19.1 Å². The van der Waals surface area contributed by atoms with E-state index in [-0.39, 0.29) is 18.4 Å². The summed E-state index contributed by atoms with van der Waals surface area (Å²) in [6.45, 7) is 8.25. The van der Waals surface area contributed by atoms with Crippen molar-refractivity contribution in [2.24, 2.45) is 7.05 Å². The predicted octanol–water partition coefficient (Wildman–Crippen LogP) is 2.92. The highest BCUT2D eigenvalue weighted by atomic mass is 19.1. The Kier molecular flexibility index (Phi) is 4.44. The van der Waals surface area contributed by atoms with Crippen LogP contribution in [0.5, 0.6) is 0 Å². The molecular formula is C21H24FN5O2. The third kappa shape index (κ3) is 2.73. The number of imidazole rings is 2. The van der Waals surface area contributed by atoms with E-state index in [2.05, 4.69) is 23.4 Å². The van der Waals surface area contributed by atoms with Crippen molar-refractivity contribution in [1.82, 2.24) is 23.1 Å². The molecule has 4 aromatic rings. The molecule has 7 nitrogen and oxygen atoms in total. The molecule has 0 aliphatic heterocycles. The minimum Gasteiger partial charge on any atom is -0.311 e. The number of aryl methyl sites for hydroxylation is 2. The number of hydrogen-bond donors (Lipinski definition) is 0. The zero-order valence-corrected chi connectivity index (χ0v) is 17.2. The summed E-state index contributed by atoms with van der Waals surface area (Å²) in [5, 5.41) is 0. The molecule has 0 unspecified atom stereocenters. The van der Waals surface area contributed by atoms with Gasteiger partial charge < -0.3 is 4.57 Å². The van der Waals surface area contributed by atoms with Gasteiger partial charge in [0, 0.05) is 24.5 Å². The number of rotatable bonds is 4. The zero-order valence-electron chi connectivity index (χ0n) is 17.2. The maximum atomic E-state index is 13.4. The average molecular weight is 397 g/mol. The van der Waals surface area contributed by atoms with Crippen molar-refractivity contribution in [1.29, 1.82) is 0 Å². The second-order valence-corrected chi connectivity index (χ2v) is 7.58. The highest BCUT2D eigenvalue weighted by molar-refractivity contribution is 5.76. The summed E-state index contributed by atoms with van der Waals surface area (Å²) < 4.78 is 19.8. The van der Waals surface area contributed by atoms with E-state index in [0.717, 1.165) is 17.8 Å². The fourth-order valence-electron chi connectivity index (χ4n) is 3.90. The number of benzene rings is 1. The summed E-state index contributed by atoms with van der Waals surface area (Å²) in [5.41, 5.74) is 2.54. The van der Waals surface area contributed by atoms with Crippen molar-refractivity contribution in [2.45, 2.75) is 46.7 Å². The first-order valence-corrected chi connectivity index (χ1v) is 9.70. The van der Waals surface area contributed by atoms with E-state index in [1.54, 1.807) is 19.2 Å². The Hall–Kier alpha value is -3.16. The second kappa shape index (κ2) is 6.72. The van der Waals surface area contributed by atoms with Crippen LogP contribution in [0, 0.1) is 19.7 Å². The molecule has 0 fully saturated rings. The number of fused-ring (bicyclic) bond motifs is 3. The Morgan fingerprint density at radius 1 is 1.10 bits per heavy atom. The maximum absolute atomic E-state index is 13.4. The van der Waals surface area contributed by atoms with Crippen LogP contribution in [-0.2, 0) is 13.6 Å². The molecule has 0 aliphatic rings. The minimum atomic E-state index is -0.447. The van der Waals surface area contributed by atoms with E-state index in [4.69, 9.17) is 0 Å². The van der Waals surface area contributed by atoms with E-state index in [0.29, 0.717) is 22.5 Å². The van der Waals surface area contributed by atoms with E-state index in [9.17, 15) is 14.0 Å². The summed E-state index contributed by atoms with van der Waals surface area (Å²) in [4.78, 5) is 30.9. The monoisotopic (exact) mass is 397 g/mol. The van der Waals surface area contributed by atoms with Crippen LogP contribution in [0.4, 0.5) is 4.39 Å². The second-order valence-electron chi connectivity index (χ2n) is 7.58. The predicted molar refractivity (Wildman–Crippen MR) is 110 cm³/mol. The van der Waals surface area contributed by atoms with Crippen LogP contribution in [0.15, 0.2) is 33.9 Å². The van der Waals surface area contributed by atoms with Gasteiger partial charge in [0.05, 0.1) is 6.54 Å². The number of nitrogens with zero attached hydrogens (tertiary/aromatic N) is 5. The molecule has 0 saturated heterocycles. The van der Waals surface area contributed by atoms with Crippen LogP contribution in [0.25, 0.3) is 16.9 Å². The summed E-state index contributed by atoms with van der Waals surface area (Å²) >= 11 is 0. The van der Waals surface area contributed by atoms with Gasteiger partial charge >= 0.3 is 5.69 Å². The average Bonchev–Trinajstić information content (AvgIpc) is 3.20. The lowest BCUT2D eigenvalue weighted by molar-refractivity contribution is 0.532. The standard InChI is InChI=1S/C21H24FN5O2/c1-6-12(2)26-13(3)14(4)27-17-18(23-20(26)27)24(5)21(29)25(19(17)28)11-15-7-9-16(22)10-8-15/h7-10,12H,6,11H2,1-5H3/t12-/m0/s1. The zero-order chi connectivity index (χ0) is 21.0. The largest absolute Gasteiger partial charge is 0.332 e. The fourth-order valence-corrected chi connectivity index (χ4v) is 3.90. The summed E-state index contributed by atoms with van der Waals surface area (Å²) in [6.07, 6.45) is 0.918. The first kappa shape index (κ1) is 19.2. The van der Waals surface area contributed by atoms with Gasteiger partial charge in [-0.3, -0.25) is 18.3 Å². The fraction of sp³-hybridized carbons (Fsp3) is 0.381. The van der Waals surface area contributed by atoms with Gasteiger partial charge in [0.1, 0.15) is 5.82 Å². The van der Waals surface area contributed by atoms with Crippen molar-refractivity contribution in [3.63, 3.8) is 0 Å². The molecule has 3 aromatic heterocycles. The van der Waals surface area contributed by atoms with Gasteiger partial charge in [-0.15, -0.1) is 0 Å². The van der Waals surface area contributed by atoms with E-state index in [1.165, 1.54) is 21.3 Å². The van der Waals surface area contributed by atoms with Crippen LogP contribution < -0.4 is 11.2 Å². The van der Waals surface area contributed by atoms with Crippen molar-refractivity contribution < 1.29 is 4.39 Å². The summed E-state index contributed by atoms with van der Waals surface area (Å²) in [7, 11) is 1.62. The van der Waals surface area contributed by atoms with Gasteiger partial charge in [0.25, 0.3) is 5.56 Å². The Morgan fingerprint density at radius 3 is 2.38 bits per heavy atom. The molecule has 0 bridgehead atoms. The molecule has 0 aliphatic carbocycles. The molecule has 0 radical (unpaired) electrons. The Balaban J connectivity index is 2.05. The van der Waals surface area contributed by atoms with Gasteiger partial charge in [-0.2, -0.15) is 4.98 Å². The molecule has 1 atom stereocenters. The molecule has 0 spiro atoms. The number of aromatic nitrogens is 5. The van der Waals surface area contributed by atoms with Crippen LogP contribution in [-0.4, -0.2) is 23.1 Å². The smallest absolute Gasteiger partial charge is 0.311 e. The normalized spacial score (nSPS) is 12.9. The topological polar surface area (TPSA) is 66.2 Å². The molecule has 0 saturated carbocycles.